The molecular weight excluding hydrogens is 1010 g/mol. The van der Waals surface area contributed by atoms with Crippen LogP contribution in [0.25, 0.3) is 0 Å². The van der Waals surface area contributed by atoms with E-state index < -0.39 is 55.5 Å². The molecule has 0 fully saturated rings. The molecule has 0 aliphatic carbocycles. The third-order valence-electron chi connectivity index (χ3n) is 17.6. The molecule has 0 aliphatic heterocycles. The monoisotopic (exact) mass is 1150 g/mol. The highest BCUT2D eigenvalue weighted by atomic mass is 16.8. The smallest absolute Gasteiger partial charge is 0.309 e. The molecule has 81 heavy (non-hydrogen) atoms. The van der Waals surface area contributed by atoms with E-state index in [1.165, 1.54) is 289 Å². The third-order valence-corrected chi connectivity index (χ3v) is 17.6. The lowest BCUT2D eigenvalue weighted by molar-refractivity contribution is -0.306. The van der Waals surface area contributed by atoms with Gasteiger partial charge in [0.2, 0.25) is 0 Å². The molecule has 0 aromatic heterocycles. The number of aliphatic hydroxyl groups excluding tert-OH is 3. The Morgan fingerprint density at radius 1 is 0.247 bits per heavy atom. The van der Waals surface area contributed by atoms with Crippen LogP contribution < -0.4 is 0 Å². The molecule has 9 nitrogen and oxygen atoms in total. The average molecular weight is 1150 g/mol. The van der Waals surface area contributed by atoms with E-state index in [0.29, 0.717) is 19.3 Å². The van der Waals surface area contributed by atoms with Gasteiger partial charge in [0, 0.05) is 19.3 Å². The second-order valence-corrected chi connectivity index (χ2v) is 25.5. The van der Waals surface area contributed by atoms with E-state index in [4.69, 9.17) is 14.2 Å². The van der Waals surface area contributed by atoms with Crippen LogP contribution in [0.2, 0.25) is 0 Å². The molecule has 0 amide bonds. The Labute approximate surface area is 503 Å². The fraction of sp³-hybridized carbons (Fsp3) is 0.958. The van der Waals surface area contributed by atoms with Crippen LogP contribution >= 0.6 is 0 Å². The molecule has 0 unspecified atom stereocenters. The van der Waals surface area contributed by atoms with Crippen LogP contribution in [0.15, 0.2) is 0 Å². The van der Waals surface area contributed by atoms with Crippen molar-refractivity contribution in [2.24, 2.45) is 5.41 Å². The Bertz CT molecular complexity index is 1240. The first-order chi connectivity index (χ1) is 39.8. The van der Waals surface area contributed by atoms with Gasteiger partial charge in [0.1, 0.15) is 5.41 Å². The summed E-state index contributed by atoms with van der Waals surface area (Å²) in [4.78, 5) is 40.6. The molecule has 0 aromatic rings. The Hall–Kier alpha value is -1.71. The van der Waals surface area contributed by atoms with Gasteiger partial charge in [0.05, 0.1) is 19.8 Å². The lowest BCUT2D eigenvalue weighted by atomic mass is 9.81. The molecule has 0 rings (SSSR count). The fourth-order valence-corrected chi connectivity index (χ4v) is 11.7. The highest BCUT2D eigenvalue weighted by Crippen LogP contribution is 2.38. The predicted octanol–water partition coefficient (Wildman–Crippen LogP) is 21.7. The van der Waals surface area contributed by atoms with Gasteiger partial charge >= 0.3 is 23.7 Å². The zero-order valence-corrected chi connectivity index (χ0v) is 54.5. The van der Waals surface area contributed by atoms with E-state index in [1.807, 2.05) is 0 Å². The number of hydrogen-bond acceptors (Lipinski definition) is 9. The molecule has 0 spiro atoms. The maximum atomic E-state index is 13.7. The van der Waals surface area contributed by atoms with Gasteiger partial charge in [-0.3, -0.25) is 14.4 Å². The van der Waals surface area contributed by atoms with Gasteiger partial charge in [0.25, 0.3) is 0 Å². The molecule has 0 saturated carbocycles. The minimum Gasteiger partial charge on any atom is -0.457 e. The number of rotatable bonds is 68. The van der Waals surface area contributed by atoms with Crippen LogP contribution in [0.4, 0.5) is 0 Å². The summed E-state index contributed by atoms with van der Waals surface area (Å²) in [5, 5.41) is 32.2. The van der Waals surface area contributed by atoms with E-state index in [9.17, 15) is 29.7 Å². The van der Waals surface area contributed by atoms with Crippen LogP contribution in [0.5, 0.6) is 0 Å². The quantitative estimate of drug-likeness (QED) is 0.0308. The summed E-state index contributed by atoms with van der Waals surface area (Å²) < 4.78 is 17.7. The topological polar surface area (TPSA) is 140 Å². The summed E-state index contributed by atoms with van der Waals surface area (Å²) in [6.07, 6.45) is 71.3. The molecule has 3 N–H and O–H groups in total. The number of carbonyl (C=O) groups is 3. The van der Waals surface area contributed by atoms with Crippen LogP contribution in [0.1, 0.15) is 406 Å². The van der Waals surface area contributed by atoms with E-state index in [-0.39, 0.29) is 19.3 Å². The minimum atomic E-state index is -2.40. The van der Waals surface area contributed by atoms with Crippen LogP contribution in [0.3, 0.4) is 0 Å². The first kappa shape index (κ1) is 79.3. The largest absolute Gasteiger partial charge is 0.457 e. The van der Waals surface area contributed by atoms with Crippen molar-refractivity contribution in [2.45, 2.75) is 412 Å². The zero-order chi connectivity index (χ0) is 59.1. The van der Waals surface area contributed by atoms with Gasteiger partial charge in [-0.05, 0) is 19.3 Å². The molecule has 0 radical (unpaired) electrons. The van der Waals surface area contributed by atoms with Crippen LogP contribution in [-0.4, -0.2) is 65.4 Å². The second-order valence-electron chi connectivity index (χ2n) is 25.5. The number of unbranched alkanes of at least 4 members (excludes halogenated alkanes) is 54. The zero-order valence-electron chi connectivity index (χ0n) is 54.5. The normalized spacial score (nSPS) is 11.9. The predicted molar refractivity (Wildman–Crippen MR) is 344 cm³/mol. The highest BCUT2D eigenvalue weighted by molar-refractivity contribution is 5.73. The summed E-state index contributed by atoms with van der Waals surface area (Å²) in [5.41, 5.74) is -2.01. The summed E-state index contributed by atoms with van der Waals surface area (Å²) in [7, 11) is 0. The van der Waals surface area contributed by atoms with E-state index in [0.717, 1.165) is 57.8 Å². The summed E-state index contributed by atoms with van der Waals surface area (Å²) in [6.45, 7) is 3.51. The number of hydrogen-bond donors (Lipinski definition) is 3. The lowest BCUT2D eigenvalue weighted by Gasteiger charge is -2.44. The molecule has 0 atom stereocenters. The van der Waals surface area contributed by atoms with E-state index in [2.05, 4.69) is 20.8 Å². The van der Waals surface area contributed by atoms with Crippen LogP contribution in [-0.2, 0) is 28.6 Å². The van der Waals surface area contributed by atoms with Crippen molar-refractivity contribution >= 4 is 17.9 Å². The van der Waals surface area contributed by atoms with Crippen molar-refractivity contribution < 1.29 is 43.9 Å². The number of aliphatic hydroxyl groups is 3. The minimum absolute atomic E-state index is 0.0309. The molecular formula is C72H140O9. The van der Waals surface area contributed by atoms with E-state index >= 15 is 0 Å². The van der Waals surface area contributed by atoms with Gasteiger partial charge in [-0.1, -0.05) is 367 Å². The molecule has 482 valence electrons. The fourth-order valence-electron chi connectivity index (χ4n) is 11.7. The van der Waals surface area contributed by atoms with Gasteiger partial charge < -0.3 is 29.5 Å². The highest BCUT2D eigenvalue weighted by Gasteiger charge is 2.59. The van der Waals surface area contributed by atoms with Crippen molar-refractivity contribution in [3.8, 4) is 0 Å². The average Bonchev–Trinajstić information content (AvgIpc) is 3.62. The van der Waals surface area contributed by atoms with E-state index in [1.54, 1.807) is 0 Å². The summed E-state index contributed by atoms with van der Waals surface area (Å²) in [5.74, 6) is -4.32. The molecule has 0 heterocycles. The van der Waals surface area contributed by atoms with Gasteiger partial charge in [0.15, 0.2) is 6.61 Å². The molecule has 0 aromatic carbocycles. The Balaban J connectivity index is 4.98. The first-order valence-electron chi connectivity index (χ1n) is 36.2. The van der Waals surface area contributed by atoms with Crippen molar-refractivity contribution in [1.82, 2.24) is 0 Å². The standard InChI is InChI=1S/C72H140O9/c1-4-7-10-13-16-19-22-25-28-31-34-37-40-43-46-49-52-55-58-61-68(76)79-67-72(71(64-73,65-74)66-75,80-69(77)62-59-56-53-50-47-44-41-38-35-32-29-26-23-20-17-14-11-8-5-2)81-70(78)63-60-57-54-51-48-45-42-39-36-33-30-27-24-21-18-15-12-9-6-3/h73-75H,4-67H2,1-3H3. The van der Waals surface area contributed by atoms with Gasteiger partial charge in [-0.25, -0.2) is 0 Å². The van der Waals surface area contributed by atoms with Crippen LogP contribution in [0, 0.1) is 5.41 Å². The Kier molecular flexibility index (Phi) is 61.5. The number of esters is 3. The Morgan fingerprint density at radius 2 is 0.407 bits per heavy atom. The maximum Gasteiger partial charge on any atom is 0.309 e. The van der Waals surface area contributed by atoms with Gasteiger partial charge in [-0.2, -0.15) is 0 Å². The molecule has 0 aliphatic rings. The third kappa shape index (κ3) is 50.2. The molecule has 0 bridgehead atoms. The number of carbonyl (C=O) groups excluding carboxylic acids is 3. The molecule has 9 heteroatoms. The first-order valence-corrected chi connectivity index (χ1v) is 36.2. The lowest BCUT2D eigenvalue weighted by Crippen LogP contribution is -2.63. The van der Waals surface area contributed by atoms with Crippen molar-refractivity contribution in [3.05, 3.63) is 0 Å². The van der Waals surface area contributed by atoms with Crippen molar-refractivity contribution in [3.63, 3.8) is 0 Å². The van der Waals surface area contributed by atoms with Gasteiger partial charge in [-0.15, -0.1) is 0 Å². The summed E-state index contributed by atoms with van der Waals surface area (Å²) in [6, 6.07) is 0. The maximum absolute atomic E-state index is 13.7. The Morgan fingerprint density at radius 3 is 0.580 bits per heavy atom. The van der Waals surface area contributed by atoms with Crippen molar-refractivity contribution in [1.29, 1.82) is 0 Å². The van der Waals surface area contributed by atoms with Crippen molar-refractivity contribution in [2.75, 3.05) is 26.4 Å². The SMILES string of the molecule is CCCCCCCCCCCCCCCCCCCCCC(=O)OCC(OC(=O)CCCCCCCCCCCCCCCCCCCCC)(OC(=O)CCCCCCCCCCCCCCCCCCCCC)C(CO)(CO)CO. The summed E-state index contributed by atoms with van der Waals surface area (Å²) >= 11 is 0. The number of ether oxygens (including phenoxy) is 3. The molecule has 0 saturated heterocycles. The second kappa shape index (κ2) is 62.8.